The number of aryl methyl sites for hydroxylation is 1. The number of hydrogen-bond acceptors (Lipinski definition) is 5. The van der Waals surface area contributed by atoms with Crippen LogP contribution >= 0.6 is 0 Å². The molecule has 1 aromatic carbocycles. The molecule has 6 heteroatoms. The quantitative estimate of drug-likeness (QED) is 0.863. The lowest BCUT2D eigenvalue weighted by molar-refractivity contribution is 0.122. The lowest BCUT2D eigenvalue weighted by Crippen LogP contribution is -2.37. The highest BCUT2D eigenvalue weighted by Gasteiger charge is 2.18. The Hall–Kier alpha value is -1.92. The number of nitrogens with zero attached hydrogens (tertiary/aromatic N) is 2. The zero-order valence-electron chi connectivity index (χ0n) is 13.3. The first-order chi connectivity index (χ1) is 10.9. The van der Waals surface area contributed by atoms with Crippen molar-refractivity contribution in [3.8, 4) is 11.1 Å². The van der Waals surface area contributed by atoms with Gasteiger partial charge >= 0.3 is 0 Å². The van der Waals surface area contributed by atoms with E-state index in [9.17, 15) is 8.42 Å². The predicted molar refractivity (Wildman–Crippen MR) is 90.6 cm³/mol. The lowest BCUT2D eigenvalue weighted by atomic mass is 10.0. The monoisotopic (exact) mass is 332 g/mol. The molecule has 0 unspecified atom stereocenters. The van der Waals surface area contributed by atoms with Gasteiger partial charge in [0.25, 0.3) is 0 Å². The van der Waals surface area contributed by atoms with E-state index < -0.39 is 9.84 Å². The third-order valence-corrected chi connectivity index (χ3v) is 5.00. The summed E-state index contributed by atoms with van der Waals surface area (Å²) in [5.74, 6) is 0.879. The summed E-state index contributed by atoms with van der Waals surface area (Å²) in [4.78, 5) is 7.10. The summed E-state index contributed by atoms with van der Waals surface area (Å²) in [5, 5.41) is 0. The van der Waals surface area contributed by atoms with Crippen LogP contribution in [0.25, 0.3) is 11.1 Å². The normalized spacial score (nSPS) is 15.7. The molecule has 3 rings (SSSR count). The van der Waals surface area contributed by atoms with E-state index in [-0.39, 0.29) is 0 Å². The van der Waals surface area contributed by atoms with Crippen molar-refractivity contribution in [3.63, 3.8) is 0 Å². The number of sulfone groups is 1. The smallest absolute Gasteiger partial charge is 0.175 e. The van der Waals surface area contributed by atoms with Crippen molar-refractivity contribution < 1.29 is 13.2 Å². The molecule has 1 aromatic heterocycles. The summed E-state index contributed by atoms with van der Waals surface area (Å²) in [7, 11) is -3.24. The molecule has 2 heterocycles. The van der Waals surface area contributed by atoms with Gasteiger partial charge in [0.05, 0.1) is 18.1 Å². The van der Waals surface area contributed by atoms with E-state index >= 15 is 0 Å². The van der Waals surface area contributed by atoms with Gasteiger partial charge in [-0.1, -0.05) is 12.1 Å². The summed E-state index contributed by atoms with van der Waals surface area (Å²) in [6.07, 6.45) is 3.07. The van der Waals surface area contributed by atoms with E-state index in [1.54, 1.807) is 18.2 Å². The maximum atomic E-state index is 11.8. The molecule has 0 radical (unpaired) electrons. The molecule has 0 N–H and O–H groups in total. The highest BCUT2D eigenvalue weighted by Crippen LogP contribution is 2.31. The molecular formula is C17H20N2O3S. The summed E-state index contributed by atoms with van der Waals surface area (Å²) >= 11 is 0. The van der Waals surface area contributed by atoms with Gasteiger partial charge < -0.3 is 9.64 Å². The van der Waals surface area contributed by atoms with E-state index in [1.165, 1.54) is 6.26 Å². The standard InChI is InChI=1S/C17H20N2O3S/c1-13-10-16(14-4-3-5-15(11-14)23(2,20)21)17(18-12-13)19-6-8-22-9-7-19/h3-5,10-12H,6-9H2,1-2H3. The zero-order chi connectivity index (χ0) is 16.4. The summed E-state index contributed by atoms with van der Waals surface area (Å²) in [5.41, 5.74) is 2.87. The molecule has 0 spiro atoms. The van der Waals surface area contributed by atoms with Crippen LogP contribution in [0.1, 0.15) is 5.56 Å². The van der Waals surface area contributed by atoms with Crippen LogP contribution in [0.4, 0.5) is 5.82 Å². The fourth-order valence-corrected chi connectivity index (χ4v) is 3.36. The second kappa shape index (κ2) is 6.29. The molecular weight excluding hydrogens is 312 g/mol. The molecule has 5 nitrogen and oxygen atoms in total. The molecule has 23 heavy (non-hydrogen) atoms. The summed E-state index contributed by atoms with van der Waals surface area (Å²) < 4.78 is 29.1. The molecule has 0 aliphatic carbocycles. The van der Waals surface area contributed by atoms with Crippen LogP contribution in [-0.4, -0.2) is 46.0 Å². The Bertz CT molecular complexity index is 812. The van der Waals surface area contributed by atoms with Crippen molar-refractivity contribution in [2.24, 2.45) is 0 Å². The number of ether oxygens (including phenoxy) is 1. The van der Waals surface area contributed by atoms with Crippen molar-refractivity contribution in [3.05, 3.63) is 42.1 Å². The number of rotatable bonds is 3. The van der Waals surface area contributed by atoms with Crippen LogP contribution in [0.15, 0.2) is 41.4 Å². The van der Waals surface area contributed by atoms with E-state index in [0.717, 1.165) is 35.6 Å². The molecule has 0 atom stereocenters. The number of pyridine rings is 1. The second-order valence-electron chi connectivity index (χ2n) is 5.78. The van der Waals surface area contributed by atoms with Crippen molar-refractivity contribution in [2.45, 2.75) is 11.8 Å². The third-order valence-electron chi connectivity index (χ3n) is 3.89. The van der Waals surface area contributed by atoms with Crippen molar-refractivity contribution in [1.82, 2.24) is 4.98 Å². The molecule has 1 aliphatic heterocycles. The average Bonchev–Trinajstić information content (AvgIpc) is 2.55. The molecule has 1 saturated heterocycles. The highest BCUT2D eigenvalue weighted by molar-refractivity contribution is 7.90. The van der Waals surface area contributed by atoms with Gasteiger partial charge in [-0.25, -0.2) is 13.4 Å². The number of aromatic nitrogens is 1. The largest absolute Gasteiger partial charge is 0.378 e. The van der Waals surface area contributed by atoms with Crippen molar-refractivity contribution >= 4 is 15.7 Å². The molecule has 2 aromatic rings. The zero-order valence-corrected chi connectivity index (χ0v) is 14.1. The number of hydrogen-bond donors (Lipinski definition) is 0. The van der Waals surface area contributed by atoms with Gasteiger partial charge in [0.2, 0.25) is 0 Å². The maximum Gasteiger partial charge on any atom is 0.175 e. The number of benzene rings is 1. The molecule has 1 fully saturated rings. The van der Waals surface area contributed by atoms with Crippen molar-refractivity contribution in [1.29, 1.82) is 0 Å². The Kier molecular flexibility index (Phi) is 4.37. The molecule has 122 valence electrons. The lowest BCUT2D eigenvalue weighted by Gasteiger charge is -2.29. The van der Waals surface area contributed by atoms with Crippen LogP contribution in [0, 0.1) is 6.92 Å². The maximum absolute atomic E-state index is 11.8. The minimum Gasteiger partial charge on any atom is -0.378 e. The van der Waals surface area contributed by atoms with E-state index in [4.69, 9.17) is 4.74 Å². The van der Waals surface area contributed by atoms with Gasteiger partial charge in [-0.05, 0) is 36.2 Å². The fourth-order valence-electron chi connectivity index (χ4n) is 2.70. The molecule has 1 aliphatic rings. The average molecular weight is 332 g/mol. The Morgan fingerprint density at radius 3 is 2.61 bits per heavy atom. The van der Waals surface area contributed by atoms with Crippen LogP contribution in [-0.2, 0) is 14.6 Å². The first-order valence-electron chi connectivity index (χ1n) is 7.55. The summed E-state index contributed by atoms with van der Waals surface area (Å²) in [6, 6.07) is 9.09. The summed E-state index contributed by atoms with van der Waals surface area (Å²) in [6.45, 7) is 4.92. The van der Waals surface area contributed by atoms with Crippen molar-refractivity contribution in [2.75, 3.05) is 37.5 Å². The van der Waals surface area contributed by atoms with E-state index in [0.29, 0.717) is 18.1 Å². The molecule has 0 bridgehead atoms. The molecule has 0 saturated carbocycles. The SMILES string of the molecule is Cc1cnc(N2CCOCC2)c(-c2cccc(S(C)(=O)=O)c2)c1. The predicted octanol–water partition coefficient (Wildman–Crippen LogP) is 2.30. The van der Waals surface area contributed by atoms with Crippen LogP contribution in [0.5, 0.6) is 0 Å². The van der Waals surface area contributed by atoms with Gasteiger partial charge in [-0.15, -0.1) is 0 Å². The van der Waals surface area contributed by atoms with Crippen LogP contribution in [0.3, 0.4) is 0 Å². The van der Waals surface area contributed by atoms with Gasteiger partial charge in [0, 0.05) is 31.1 Å². The number of anilines is 1. The Labute approximate surface area is 136 Å². The Morgan fingerprint density at radius 2 is 1.91 bits per heavy atom. The first-order valence-corrected chi connectivity index (χ1v) is 9.44. The van der Waals surface area contributed by atoms with Gasteiger partial charge in [0.1, 0.15) is 5.82 Å². The van der Waals surface area contributed by atoms with Gasteiger partial charge in [-0.3, -0.25) is 0 Å². The topological polar surface area (TPSA) is 59.5 Å². The Balaban J connectivity index is 2.10. The highest BCUT2D eigenvalue weighted by atomic mass is 32.2. The van der Waals surface area contributed by atoms with E-state index in [2.05, 4.69) is 16.0 Å². The minimum atomic E-state index is -3.24. The third kappa shape index (κ3) is 3.54. The van der Waals surface area contributed by atoms with E-state index in [1.807, 2.05) is 19.2 Å². The second-order valence-corrected chi connectivity index (χ2v) is 7.80. The van der Waals surface area contributed by atoms with Gasteiger partial charge in [-0.2, -0.15) is 0 Å². The van der Waals surface area contributed by atoms with Gasteiger partial charge in [0.15, 0.2) is 9.84 Å². The fraction of sp³-hybridized carbons (Fsp3) is 0.353. The molecule has 0 amide bonds. The van der Waals surface area contributed by atoms with Crippen LogP contribution in [0.2, 0.25) is 0 Å². The first kappa shape index (κ1) is 16.0. The van der Waals surface area contributed by atoms with Crippen LogP contribution < -0.4 is 4.90 Å². The number of morpholine rings is 1. The Morgan fingerprint density at radius 1 is 1.17 bits per heavy atom. The minimum absolute atomic E-state index is 0.324.